The van der Waals surface area contributed by atoms with Gasteiger partial charge in [0.25, 0.3) is 0 Å². The van der Waals surface area contributed by atoms with E-state index < -0.39 is 23.0 Å². The maximum absolute atomic E-state index is 11.9. The molecule has 1 N–H and O–H groups in total. The fourth-order valence-electron chi connectivity index (χ4n) is 4.11. The van der Waals surface area contributed by atoms with Gasteiger partial charge in [0.2, 0.25) is 16.8 Å². The third-order valence-electron chi connectivity index (χ3n) is 5.87. The number of hydrogen-bond donors (Lipinski definition) is 2. The lowest BCUT2D eigenvalue weighted by atomic mass is 10.1. The highest BCUT2D eigenvalue weighted by atomic mass is 32.2. The van der Waals surface area contributed by atoms with Crippen molar-refractivity contribution in [3.05, 3.63) is 66.0 Å². The third-order valence-corrected chi connectivity index (χ3v) is 6.41. The second kappa shape index (κ2) is 12.6. The summed E-state index contributed by atoms with van der Waals surface area (Å²) in [5, 5.41) is 8.86. The second-order valence-corrected chi connectivity index (χ2v) is 9.10. The minimum absolute atomic E-state index is 0.0389. The topological polar surface area (TPSA) is 152 Å². The molecule has 14 heteroatoms. The average molecular weight is 556 g/mol. The van der Waals surface area contributed by atoms with Gasteiger partial charge in [-0.15, -0.1) is 10.2 Å². The van der Waals surface area contributed by atoms with Gasteiger partial charge in [-0.25, -0.2) is 28.1 Å². The first-order chi connectivity index (χ1) is 18.9. The number of methoxy groups -OCH3 is 4. The molecule has 0 aliphatic heterocycles. The molecule has 1 aromatic carbocycles. The summed E-state index contributed by atoms with van der Waals surface area (Å²) < 4.78 is 50.4. The van der Waals surface area contributed by atoms with Crippen molar-refractivity contribution in [2.45, 2.75) is 25.5 Å². The number of rotatable bonds is 12. The molecule has 0 aliphatic rings. The van der Waals surface area contributed by atoms with Gasteiger partial charge in [0.1, 0.15) is 34.8 Å². The minimum Gasteiger partial charge on any atom is -0.494 e. The monoisotopic (exact) mass is 555 g/mol. The van der Waals surface area contributed by atoms with E-state index in [0.717, 1.165) is 5.56 Å². The minimum atomic E-state index is -3.02. The van der Waals surface area contributed by atoms with Gasteiger partial charge in [0, 0.05) is 32.0 Å². The Morgan fingerprint density at radius 1 is 0.923 bits per heavy atom. The average Bonchev–Trinajstić information content (AvgIpc) is 3.36. The molecule has 4 aromatic rings. The van der Waals surface area contributed by atoms with Gasteiger partial charge in [-0.1, -0.05) is 12.1 Å². The largest absolute Gasteiger partial charge is 0.494 e. The van der Waals surface area contributed by atoms with Crippen LogP contribution in [-0.4, -0.2) is 72.6 Å². The van der Waals surface area contributed by atoms with Gasteiger partial charge in [0.15, 0.2) is 11.6 Å². The first kappa shape index (κ1) is 27.9. The van der Waals surface area contributed by atoms with Gasteiger partial charge < -0.3 is 18.9 Å². The van der Waals surface area contributed by atoms with Crippen LogP contribution in [0.15, 0.2) is 48.8 Å². The van der Waals surface area contributed by atoms with Crippen LogP contribution in [0.25, 0.3) is 17.2 Å². The predicted molar refractivity (Wildman–Crippen MR) is 142 cm³/mol. The lowest BCUT2D eigenvalue weighted by Gasteiger charge is -2.24. The number of thiol groups is 1. The molecular formula is C25H29N7O6S. The van der Waals surface area contributed by atoms with Crippen molar-refractivity contribution in [2.24, 2.45) is 0 Å². The van der Waals surface area contributed by atoms with Crippen LogP contribution in [0.1, 0.15) is 23.3 Å². The highest BCUT2D eigenvalue weighted by Crippen LogP contribution is 2.37. The van der Waals surface area contributed by atoms with E-state index in [-0.39, 0.29) is 6.42 Å². The maximum atomic E-state index is 11.9. The van der Waals surface area contributed by atoms with Crippen molar-refractivity contribution in [1.29, 1.82) is 0 Å². The fraction of sp³-hybridized carbons (Fsp3) is 0.320. The Morgan fingerprint density at radius 2 is 1.59 bits per heavy atom. The summed E-state index contributed by atoms with van der Waals surface area (Å²) in [6.07, 6.45) is 2.48. The Labute approximate surface area is 227 Å². The number of ether oxygens (including phenoxy) is 4. The number of hydrogen-bond acceptors (Lipinski definition) is 11. The smallest absolute Gasteiger partial charge is 0.213 e. The molecule has 39 heavy (non-hydrogen) atoms. The van der Waals surface area contributed by atoms with Crippen molar-refractivity contribution < 1.29 is 27.4 Å². The number of nitrogens with one attached hydrogen (secondary N) is 1. The van der Waals surface area contributed by atoms with Crippen molar-refractivity contribution in [3.8, 4) is 34.6 Å². The van der Waals surface area contributed by atoms with Crippen molar-refractivity contribution in [3.63, 3.8) is 0 Å². The van der Waals surface area contributed by atoms with Crippen molar-refractivity contribution in [1.82, 2.24) is 34.4 Å². The number of nitrogens with zero attached hydrogens (tertiary/aromatic N) is 6. The van der Waals surface area contributed by atoms with Crippen LogP contribution < -0.4 is 18.9 Å². The van der Waals surface area contributed by atoms with Crippen LogP contribution in [0.4, 0.5) is 0 Å². The summed E-state index contributed by atoms with van der Waals surface area (Å²) in [4.78, 5) is 13.2. The Kier molecular flexibility index (Phi) is 9.01. The van der Waals surface area contributed by atoms with Crippen molar-refractivity contribution >= 4 is 10.9 Å². The molecule has 0 radical (unpaired) electrons. The van der Waals surface area contributed by atoms with E-state index in [1.54, 1.807) is 53.4 Å². The quantitative estimate of drug-likeness (QED) is 0.246. The van der Waals surface area contributed by atoms with E-state index in [1.165, 1.54) is 28.4 Å². The molecule has 0 bridgehead atoms. The van der Waals surface area contributed by atoms with Crippen LogP contribution in [0.2, 0.25) is 0 Å². The number of pyridine rings is 1. The zero-order valence-corrected chi connectivity index (χ0v) is 23.0. The van der Waals surface area contributed by atoms with Gasteiger partial charge in [-0.2, -0.15) is 0 Å². The third kappa shape index (κ3) is 6.13. The molecule has 13 nitrogen and oxygen atoms in total. The molecule has 4 rings (SSSR count). The van der Waals surface area contributed by atoms with Crippen LogP contribution in [0, 0.1) is 6.92 Å². The molecular weight excluding hydrogens is 526 g/mol. The van der Waals surface area contributed by atoms with E-state index >= 15 is 0 Å². The highest BCUT2D eigenvalue weighted by molar-refractivity contribution is 7.70. The number of para-hydroxylation sites is 1. The molecule has 0 fully saturated rings. The van der Waals surface area contributed by atoms with Gasteiger partial charge in [0.05, 0.1) is 27.4 Å². The summed E-state index contributed by atoms with van der Waals surface area (Å²) >= 11 is 0. The summed E-state index contributed by atoms with van der Waals surface area (Å²) in [6.45, 7) is 1.85. The van der Waals surface area contributed by atoms with Gasteiger partial charge in [-0.3, -0.25) is 4.57 Å². The Hall–Kier alpha value is -4.14. The molecule has 0 saturated carbocycles. The molecule has 0 unspecified atom stereocenters. The van der Waals surface area contributed by atoms with E-state index in [0.29, 0.717) is 46.2 Å². The predicted octanol–water partition coefficient (Wildman–Crippen LogP) is 1.87. The SMILES string of the molecule is COc1cccc(-c2nnc(C[C@H](N[SH](=O)=O)[C@H](OC)c3ncc(C)cn3)n2-c2c(OC)cccc2OC)n1. The zero-order chi connectivity index (χ0) is 27.9. The van der Waals surface area contributed by atoms with E-state index in [9.17, 15) is 8.42 Å². The Morgan fingerprint density at radius 3 is 2.18 bits per heavy atom. The molecule has 3 aromatic heterocycles. The lowest BCUT2D eigenvalue weighted by Crippen LogP contribution is -2.38. The van der Waals surface area contributed by atoms with Crippen molar-refractivity contribution in [2.75, 3.05) is 28.4 Å². The number of aryl methyl sites for hydroxylation is 1. The molecule has 0 amide bonds. The first-order valence-electron chi connectivity index (χ1n) is 11.8. The van der Waals surface area contributed by atoms with E-state index in [1.807, 2.05) is 6.92 Å². The van der Waals surface area contributed by atoms with E-state index in [4.69, 9.17) is 18.9 Å². The Balaban J connectivity index is 1.91. The molecule has 0 spiro atoms. The second-order valence-electron chi connectivity index (χ2n) is 8.32. The summed E-state index contributed by atoms with van der Waals surface area (Å²) in [7, 11) is 3.03. The lowest BCUT2D eigenvalue weighted by molar-refractivity contribution is 0.0675. The summed E-state index contributed by atoms with van der Waals surface area (Å²) in [6, 6.07) is 9.74. The standard InChI is InChI=1S/C25H29N7O6S/c1-15-13-26-24(27-14-15)23(38-5)17(31-39(33)34)12-20-29-30-25(16-8-6-11-21(28-16)37-4)32(20)22-18(35-2)9-7-10-19(22)36-3/h6-11,13-14,17,23,39H,12H2,1-5H3,(H,31,33,34)/t17-,23-/m0/s1. The van der Waals surface area contributed by atoms with Crippen LogP contribution in [0.5, 0.6) is 17.4 Å². The van der Waals surface area contributed by atoms with E-state index in [2.05, 4.69) is 29.9 Å². The Bertz CT molecular complexity index is 1460. The fourth-order valence-corrected chi connectivity index (χ4v) is 4.60. The summed E-state index contributed by atoms with van der Waals surface area (Å²) in [5.74, 6) is 2.38. The zero-order valence-electron chi connectivity index (χ0n) is 22.1. The van der Waals surface area contributed by atoms with Crippen LogP contribution in [-0.2, 0) is 22.0 Å². The normalized spacial score (nSPS) is 12.8. The van der Waals surface area contributed by atoms with Crippen LogP contribution in [0.3, 0.4) is 0 Å². The van der Waals surface area contributed by atoms with Gasteiger partial charge >= 0.3 is 0 Å². The molecule has 206 valence electrons. The number of aromatic nitrogens is 6. The number of benzene rings is 1. The molecule has 0 aliphatic carbocycles. The maximum Gasteiger partial charge on any atom is 0.213 e. The molecule has 0 saturated heterocycles. The first-order valence-corrected chi connectivity index (χ1v) is 13.0. The van der Waals surface area contributed by atoms with Crippen LogP contribution >= 0.6 is 0 Å². The van der Waals surface area contributed by atoms with Gasteiger partial charge in [-0.05, 0) is 30.7 Å². The molecule has 3 heterocycles. The molecule has 2 atom stereocenters. The highest BCUT2D eigenvalue weighted by Gasteiger charge is 2.31. The summed E-state index contributed by atoms with van der Waals surface area (Å²) in [5.41, 5.74) is 1.82.